The Morgan fingerprint density at radius 3 is 2.84 bits per heavy atom. The third-order valence-electron chi connectivity index (χ3n) is 3.19. The van der Waals surface area contributed by atoms with E-state index in [2.05, 4.69) is 22.1 Å². The first-order valence-corrected chi connectivity index (χ1v) is 6.30. The Labute approximate surface area is 111 Å². The Morgan fingerprint density at radius 1 is 1.21 bits per heavy atom. The smallest absolute Gasteiger partial charge is 0.0947 e. The first-order valence-electron chi connectivity index (χ1n) is 6.30. The van der Waals surface area contributed by atoms with E-state index in [1.807, 2.05) is 42.1 Å². The normalized spacial score (nSPS) is 12.7. The molecule has 1 atom stereocenters. The molecule has 0 aliphatic heterocycles. The van der Waals surface area contributed by atoms with E-state index >= 15 is 0 Å². The molecule has 0 aliphatic carbocycles. The van der Waals surface area contributed by atoms with E-state index in [0.29, 0.717) is 6.42 Å². The summed E-state index contributed by atoms with van der Waals surface area (Å²) in [5, 5.41) is 1.15. The Kier molecular flexibility index (Phi) is 3.01. The van der Waals surface area contributed by atoms with Gasteiger partial charge in [-0.05, 0) is 12.1 Å². The molecule has 3 aromatic rings. The molecule has 2 heterocycles. The molecule has 0 saturated heterocycles. The van der Waals surface area contributed by atoms with Crippen molar-refractivity contribution in [1.29, 1.82) is 0 Å². The van der Waals surface area contributed by atoms with Gasteiger partial charge in [0.05, 0.1) is 23.6 Å². The highest BCUT2D eigenvalue weighted by Gasteiger charge is 2.10. The molecule has 0 spiro atoms. The van der Waals surface area contributed by atoms with Crippen molar-refractivity contribution in [3.8, 4) is 0 Å². The summed E-state index contributed by atoms with van der Waals surface area (Å²) in [6, 6.07) is 12.1. The number of imidazole rings is 1. The highest BCUT2D eigenvalue weighted by atomic mass is 15.0. The van der Waals surface area contributed by atoms with Crippen molar-refractivity contribution in [2.24, 2.45) is 12.8 Å². The van der Waals surface area contributed by atoms with Crippen molar-refractivity contribution in [2.75, 3.05) is 0 Å². The second-order valence-corrected chi connectivity index (χ2v) is 4.77. The van der Waals surface area contributed by atoms with Gasteiger partial charge in [-0.1, -0.05) is 24.3 Å². The van der Waals surface area contributed by atoms with Crippen molar-refractivity contribution >= 4 is 10.9 Å². The molecule has 2 N–H and O–H groups in total. The fourth-order valence-electron chi connectivity index (χ4n) is 2.18. The predicted molar refractivity (Wildman–Crippen MR) is 75.6 cm³/mol. The average molecular weight is 252 g/mol. The summed E-state index contributed by atoms with van der Waals surface area (Å²) < 4.78 is 1.91. The summed E-state index contributed by atoms with van der Waals surface area (Å²) in [6.45, 7) is 0. The highest BCUT2D eigenvalue weighted by molar-refractivity contribution is 5.78. The molecule has 0 radical (unpaired) electrons. The van der Waals surface area contributed by atoms with Crippen molar-refractivity contribution < 1.29 is 0 Å². The lowest BCUT2D eigenvalue weighted by molar-refractivity contribution is 0.688. The van der Waals surface area contributed by atoms with Gasteiger partial charge in [0.25, 0.3) is 0 Å². The van der Waals surface area contributed by atoms with Gasteiger partial charge < -0.3 is 10.3 Å². The molecule has 3 rings (SSSR count). The first kappa shape index (κ1) is 11.9. The van der Waals surface area contributed by atoms with Gasteiger partial charge in [0.1, 0.15) is 0 Å². The molecular formula is C15H16N4. The summed E-state index contributed by atoms with van der Waals surface area (Å²) in [6.07, 6.45) is 4.41. The van der Waals surface area contributed by atoms with Gasteiger partial charge in [-0.2, -0.15) is 0 Å². The fraction of sp³-hybridized carbons (Fsp3) is 0.200. The van der Waals surface area contributed by atoms with Crippen LogP contribution in [0.4, 0.5) is 0 Å². The maximum atomic E-state index is 6.17. The van der Waals surface area contributed by atoms with Crippen LogP contribution >= 0.6 is 0 Å². The number of fused-ring (bicyclic) bond motifs is 1. The van der Waals surface area contributed by atoms with E-state index in [0.717, 1.165) is 22.3 Å². The Morgan fingerprint density at radius 2 is 2.05 bits per heavy atom. The van der Waals surface area contributed by atoms with E-state index < -0.39 is 0 Å². The number of aryl methyl sites for hydroxylation is 1. The zero-order valence-electron chi connectivity index (χ0n) is 10.8. The van der Waals surface area contributed by atoms with Gasteiger partial charge in [-0.15, -0.1) is 0 Å². The maximum absolute atomic E-state index is 6.17. The SMILES string of the molecule is Cn1cnc(C(N)Cc2ccc3ccccc3n2)c1. The third-order valence-corrected chi connectivity index (χ3v) is 3.19. The number of para-hydroxylation sites is 1. The van der Waals surface area contributed by atoms with Crippen molar-refractivity contribution in [3.63, 3.8) is 0 Å². The number of benzene rings is 1. The van der Waals surface area contributed by atoms with Crippen LogP contribution in [0.2, 0.25) is 0 Å². The molecule has 96 valence electrons. The van der Waals surface area contributed by atoms with E-state index in [4.69, 9.17) is 5.73 Å². The van der Waals surface area contributed by atoms with Crippen LogP contribution in [0.5, 0.6) is 0 Å². The molecule has 0 saturated carbocycles. The number of rotatable bonds is 3. The largest absolute Gasteiger partial charge is 0.340 e. The van der Waals surface area contributed by atoms with E-state index in [9.17, 15) is 0 Å². The molecule has 1 unspecified atom stereocenters. The highest BCUT2D eigenvalue weighted by Crippen LogP contribution is 2.16. The number of nitrogens with two attached hydrogens (primary N) is 1. The van der Waals surface area contributed by atoms with Crippen molar-refractivity contribution in [3.05, 3.63) is 60.3 Å². The number of nitrogens with zero attached hydrogens (tertiary/aromatic N) is 3. The van der Waals surface area contributed by atoms with Gasteiger partial charge in [0.2, 0.25) is 0 Å². The topological polar surface area (TPSA) is 56.7 Å². The van der Waals surface area contributed by atoms with Crippen LogP contribution in [0, 0.1) is 0 Å². The van der Waals surface area contributed by atoms with Crippen LogP contribution < -0.4 is 5.73 Å². The Bertz CT molecular complexity index is 702. The number of hydrogen-bond acceptors (Lipinski definition) is 3. The zero-order valence-corrected chi connectivity index (χ0v) is 10.8. The van der Waals surface area contributed by atoms with Gasteiger partial charge in [-0.3, -0.25) is 4.98 Å². The summed E-state index contributed by atoms with van der Waals surface area (Å²) in [7, 11) is 1.94. The Hall–Kier alpha value is -2.20. The monoisotopic (exact) mass is 252 g/mol. The van der Waals surface area contributed by atoms with Crippen LogP contribution in [0.3, 0.4) is 0 Å². The third kappa shape index (κ3) is 2.48. The molecule has 4 nitrogen and oxygen atoms in total. The summed E-state index contributed by atoms with van der Waals surface area (Å²) in [4.78, 5) is 8.92. The number of hydrogen-bond donors (Lipinski definition) is 1. The van der Waals surface area contributed by atoms with E-state index in [1.54, 1.807) is 6.33 Å². The van der Waals surface area contributed by atoms with Crippen LogP contribution in [-0.4, -0.2) is 14.5 Å². The number of pyridine rings is 1. The molecule has 1 aromatic carbocycles. The Balaban J connectivity index is 1.84. The van der Waals surface area contributed by atoms with Crippen LogP contribution in [0.15, 0.2) is 48.9 Å². The zero-order chi connectivity index (χ0) is 13.2. The molecule has 2 aromatic heterocycles. The van der Waals surface area contributed by atoms with E-state index in [-0.39, 0.29) is 6.04 Å². The summed E-state index contributed by atoms with van der Waals surface area (Å²) in [5.74, 6) is 0. The van der Waals surface area contributed by atoms with E-state index in [1.165, 1.54) is 0 Å². The predicted octanol–water partition coefficient (Wildman–Crippen LogP) is 2.21. The van der Waals surface area contributed by atoms with Gasteiger partial charge in [0, 0.05) is 30.7 Å². The molecule has 0 fully saturated rings. The van der Waals surface area contributed by atoms with Crippen LogP contribution in [0.25, 0.3) is 10.9 Å². The van der Waals surface area contributed by atoms with Crippen molar-refractivity contribution in [1.82, 2.24) is 14.5 Å². The molecule has 0 aliphatic rings. The lowest BCUT2D eigenvalue weighted by Gasteiger charge is -2.09. The van der Waals surface area contributed by atoms with Gasteiger partial charge >= 0.3 is 0 Å². The minimum Gasteiger partial charge on any atom is -0.340 e. The lowest BCUT2D eigenvalue weighted by Crippen LogP contribution is -2.14. The van der Waals surface area contributed by atoms with Gasteiger partial charge in [-0.25, -0.2) is 4.98 Å². The minimum absolute atomic E-state index is 0.116. The number of aromatic nitrogens is 3. The average Bonchev–Trinajstić information content (AvgIpc) is 2.85. The maximum Gasteiger partial charge on any atom is 0.0947 e. The molecule has 0 bridgehead atoms. The summed E-state index contributed by atoms with van der Waals surface area (Å²) in [5.41, 5.74) is 9.07. The summed E-state index contributed by atoms with van der Waals surface area (Å²) >= 11 is 0. The molecule has 4 heteroatoms. The fourth-order valence-corrected chi connectivity index (χ4v) is 2.18. The first-order chi connectivity index (χ1) is 9.22. The van der Waals surface area contributed by atoms with Gasteiger partial charge in [0.15, 0.2) is 0 Å². The standard InChI is InChI=1S/C15H16N4/c1-19-9-15(17-10-19)13(16)8-12-7-6-11-4-2-3-5-14(11)18-12/h2-7,9-10,13H,8,16H2,1H3. The second kappa shape index (κ2) is 4.82. The van der Waals surface area contributed by atoms with Crippen LogP contribution in [-0.2, 0) is 13.5 Å². The van der Waals surface area contributed by atoms with Crippen LogP contribution in [0.1, 0.15) is 17.4 Å². The molecule has 19 heavy (non-hydrogen) atoms. The minimum atomic E-state index is -0.116. The molecular weight excluding hydrogens is 236 g/mol. The quantitative estimate of drug-likeness (QED) is 0.777. The lowest BCUT2D eigenvalue weighted by atomic mass is 10.1. The van der Waals surface area contributed by atoms with Crippen molar-refractivity contribution in [2.45, 2.75) is 12.5 Å². The molecule has 0 amide bonds. The second-order valence-electron chi connectivity index (χ2n) is 4.77.